The molecule has 27 heavy (non-hydrogen) atoms. The number of aromatic nitrogens is 3. The second-order valence-electron chi connectivity index (χ2n) is 6.83. The third-order valence-corrected chi connectivity index (χ3v) is 5.03. The van der Waals surface area contributed by atoms with E-state index in [1.54, 1.807) is 25.4 Å². The van der Waals surface area contributed by atoms with Crippen LogP contribution in [0.5, 0.6) is 0 Å². The maximum Gasteiger partial charge on any atom is 0.251 e. The minimum Gasteiger partial charge on any atom is -0.364 e. The van der Waals surface area contributed by atoms with E-state index < -0.39 is 6.17 Å². The molecular weight excluding hydrogens is 345 g/mol. The van der Waals surface area contributed by atoms with E-state index in [4.69, 9.17) is 0 Å². The van der Waals surface area contributed by atoms with Crippen LogP contribution in [-0.2, 0) is 0 Å². The lowest BCUT2D eigenvalue weighted by Gasteiger charge is -2.27. The highest BCUT2D eigenvalue weighted by Gasteiger charge is 2.24. The molecule has 3 heterocycles. The van der Waals surface area contributed by atoms with Gasteiger partial charge in [-0.2, -0.15) is 0 Å². The molecular formula is C20H22FN5O. The molecule has 0 spiro atoms. The third kappa shape index (κ3) is 3.49. The maximum atomic E-state index is 14.1. The molecule has 7 heteroatoms. The Labute approximate surface area is 156 Å². The molecule has 6 nitrogen and oxygen atoms in total. The van der Waals surface area contributed by atoms with Crippen molar-refractivity contribution < 1.29 is 9.18 Å². The van der Waals surface area contributed by atoms with Crippen LogP contribution in [0.25, 0.3) is 17.0 Å². The number of carbonyl (C=O) groups excluding carboxylic acids is 1. The lowest BCUT2D eigenvalue weighted by Crippen LogP contribution is -2.33. The van der Waals surface area contributed by atoms with Crippen LogP contribution in [-0.4, -0.2) is 39.5 Å². The lowest BCUT2D eigenvalue weighted by atomic mass is 9.94. The van der Waals surface area contributed by atoms with Gasteiger partial charge in [0.05, 0.1) is 23.6 Å². The highest BCUT2D eigenvalue weighted by Crippen LogP contribution is 2.26. The van der Waals surface area contributed by atoms with Crippen molar-refractivity contribution >= 4 is 17.4 Å². The molecule has 0 unspecified atom stereocenters. The smallest absolute Gasteiger partial charge is 0.251 e. The van der Waals surface area contributed by atoms with E-state index in [9.17, 15) is 9.18 Å². The number of halogens is 1. The van der Waals surface area contributed by atoms with Gasteiger partial charge < -0.3 is 10.6 Å². The predicted octanol–water partition coefficient (Wildman–Crippen LogP) is 3.45. The van der Waals surface area contributed by atoms with Crippen molar-refractivity contribution in [3.63, 3.8) is 0 Å². The molecule has 0 bridgehead atoms. The van der Waals surface area contributed by atoms with Gasteiger partial charge in [-0.3, -0.25) is 9.20 Å². The first-order valence-corrected chi connectivity index (χ1v) is 9.23. The first kappa shape index (κ1) is 17.5. The number of imidazole rings is 1. The van der Waals surface area contributed by atoms with E-state index in [2.05, 4.69) is 20.6 Å². The van der Waals surface area contributed by atoms with Crippen LogP contribution in [0.4, 0.5) is 10.2 Å². The summed E-state index contributed by atoms with van der Waals surface area (Å²) < 4.78 is 16.0. The summed E-state index contributed by atoms with van der Waals surface area (Å²) >= 11 is 0. The van der Waals surface area contributed by atoms with Crippen molar-refractivity contribution in [2.45, 2.75) is 37.9 Å². The van der Waals surface area contributed by atoms with Gasteiger partial charge >= 0.3 is 0 Å². The quantitative estimate of drug-likeness (QED) is 0.741. The standard InChI is InChI=1S/C20H22FN5O/c1-22-20(27)13-9-10-26-17(12-23-19(26)11-13)16-7-4-8-18(25-16)24-15-6-3-2-5-14(15)21/h4,7-12,14-15H,2-3,5-6H2,1H3,(H,22,27)(H,24,25)/t14-,15-/m0/s1. The topological polar surface area (TPSA) is 71.3 Å². The molecule has 2 atom stereocenters. The van der Waals surface area contributed by atoms with E-state index in [0.29, 0.717) is 23.4 Å². The molecule has 140 valence electrons. The molecule has 1 amide bonds. The van der Waals surface area contributed by atoms with Crippen LogP contribution in [0.1, 0.15) is 36.0 Å². The van der Waals surface area contributed by atoms with Crippen LogP contribution >= 0.6 is 0 Å². The number of alkyl halides is 1. The number of amides is 1. The van der Waals surface area contributed by atoms with Crippen LogP contribution in [0, 0.1) is 0 Å². The van der Waals surface area contributed by atoms with Crippen molar-refractivity contribution in [3.05, 3.63) is 48.3 Å². The number of anilines is 1. The van der Waals surface area contributed by atoms with Crippen LogP contribution in [0.15, 0.2) is 42.7 Å². The SMILES string of the molecule is CNC(=O)c1ccn2c(-c3cccc(N[C@H]4CCCC[C@@H]4F)n3)cnc2c1. The van der Waals surface area contributed by atoms with Gasteiger partial charge in [-0.05, 0) is 37.1 Å². The number of nitrogens with zero attached hydrogens (tertiary/aromatic N) is 3. The number of pyridine rings is 2. The first-order valence-electron chi connectivity index (χ1n) is 9.23. The van der Waals surface area contributed by atoms with Crippen molar-refractivity contribution in [2.75, 3.05) is 12.4 Å². The van der Waals surface area contributed by atoms with Gasteiger partial charge in [-0.25, -0.2) is 14.4 Å². The minimum absolute atomic E-state index is 0.153. The van der Waals surface area contributed by atoms with E-state index in [1.807, 2.05) is 28.8 Å². The molecule has 1 fully saturated rings. The Balaban J connectivity index is 1.62. The van der Waals surface area contributed by atoms with Crippen LogP contribution < -0.4 is 10.6 Å². The number of fused-ring (bicyclic) bond motifs is 1. The lowest BCUT2D eigenvalue weighted by molar-refractivity contribution is 0.0963. The Hall–Kier alpha value is -2.96. The Morgan fingerprint density at radius 1 is 1.26 bits per heavy atom. The Bertz CT molecular complexity index is 970. The molecule has 1 aliphatic rings. The molecule has 0 saturated heterocycles. The number of hydrogen-bond acceptors (Lipinski definition) is 4. The van der Waals surface area contributed by atoms with E-state index in [1.165, 1.54) is 0 Å². The summed E-state index contributed by atoms with van der Waals surface area (Å²) in [5.74, 6) is 0.513. The van der Waals surface area contributed by atoms with E-state index in [-0.39, 0.29) is 11.9 Å². The largest absolute Gasteiger partial charge is 0.364 e. The van der Waals surface area contributed by atoms with Crippen LogP contribution in [0.2, 0.25) is 0 Å². The van der Waals surface area contributed by atoms with Gasteiger partial charge in [0.15, 0.2) is 0 Å². The summed E-state index contributed by atoms with van der Waals surface area (Å²) in [6.45, 7) is 0. The predicted molar refractivity (Wildman–Crippen MR) is 103 cm³/mol. The summed E-state index contributed by atoms with van der Waals surface area (Å²) in [7, 11) is 1.60. The minimum atomic E-state index is -0.830. The zero-order chi connectivity index (χ0) is 18.8. The van der Waals surface area contributed by atoms with E-state index >= 15 is 0 Å². The normalized spacial score (nSPS) is 19.8. The van der Waals surface area contributed by atoms with Crippen molar-refractivity contribution in [2.24, 2.45) is 0 Å². The second kappa shape index (κ2) is 7.34. The van der Waals surface area contributed by atoms with Gasteiger partial charge in [0, 0.05) is 18.8 Å². The molecule has 0 aliphatic heterocycles. The van der Waals surface area contributed by atoms with E-state index in [0.717, 1.165) is 30.7 Å². The number of carbonyl (C=O) groups is 1. The number of nitrogens with one attached hydrogen (secondary N) is 2. The van der Waals surface area contributed by atoms with Gasteiger partial charge in [0.1, 0.15) is 17.6 Å². The maximum absolute atomic E-state index is 14.1. The third-order valence-electron chi connectivity index (χ3n) is 5.03. The molecule has 1 aliphatic carbocycles. The van der Waals surface area contributed by atoms with Crippen LogP contribution in [0.3, 0.4) is 0 Å². The van der Waals surface area contributed by atoms with Gasteiger partial charge in [0.25, 0.3) is 5.91 Å². The highest BCUT2D eigenvalue weighted by atomic mass is 19.1. The summed E-state index contributed by atoms with van der Waals surface area (Å²) in [4.78, 5) is 20.8. The molecule has 0 aromatic carbocycles. The molecule has 4 rings (SSSR count). The van der Waals surface area contributed by atoms with Crippen molar-refractivity contribution in [1.29, 1.82) is 0 Å². The monoisotopic (exact) mass is 367 g/mol. The Morgan fingerprint density at radius 2 is 2.11 bits per heavy atom. The Kier molecular flexibility index (Phi) is 4.75. The fraction of sp³-hybridized carbons (Fsp3) is 0.350. The second-order valence-corrected chi connectivity index (χ2v) is 6.83. The fourth-order valence-electron chi connectivity index (χ4n) is 3.55. The zero-order valence-electron chi connectivity index (χ0n) is 15.2. The molecule has 3 aromatic rings. The number of hydrogen-bond donors (Lipinski definition) is 2. The molecule has 1 saturated carbocycles. The number of rotatable bonds is 4. The van der Waals surface area contributed by atoms with Gasteiger partial charge in [-0.15, -0.1) is 0 Å². The average molecular weight is 367 g/mol. The molecule has 2 N–H and O–H groups in total. The zero-order valence-corrected chi connectivity index (χ0v) is 15.2. The molecule has 0 radical (unpaired) electrons. The highest BCUT2D eigenvalue weighted by molar-refractivity contribution is 5.94. The van der Waals surface area contributed by atoms with Crippen molar-refractivity contribution in [3.8, 4) is 11.4 Å². The summed E-state index contributed by atoms with van der Waals surface area (Å²) in [5.41, 5.74) is 2.78. The summed E-state index contributed by atoms with van der Waals surface area (Å²) in [6.07, 6.45) is 6.13. The summed E-state index contributed by atoms with van der Waals surface area (Å²) in [6, 6.07) is 8.96. The average Bonchev–Trinajstić information content (AvgIpc) is 3.12. The Morgan fingerprint density at radius 3 is 2.93 bits per heavy atom. The summed E-state index contributed by atoms with van der Waals surface area (Å²) in [5, 5.41) is 5.85. The fourth-order valence-corrected chi connectivity index (χ4v) is 3.55. The first-order chi connectivity index (χ1) is 13.2. The van der Waals surface area contributed by atoms with Crippen molar-refractivity contribution in [1.82, 2.24) is 19.7 Å². The molecule has 3 aromatic heterocycles. The van der Waals surface area contributed by atoms with Gasteiger partial charge in [-0.1, -0.05) is 18.9 Å². The van der Waals surface area contributed by atoms with Gasteiger partial charge in [0.2, 0.25) is 0 Å².